The van der Waals surface area contributed by atoms with Crippen LogP contribution in [0.5, 0.6) is 11.5 Å². The van der Waals surface area contributed by atoms with Crippen molar-refractivity contribution in [2.45, 2.75) is 85.5 Å². The molecule has 1 aromatic rings. The molecule has 1 amide bonds. The molecule has 32 heavy (non-hydrogen) atoms. The van der Waals surface area contributed by atoms with Crippen LogP contribution in [-0.2, 0) is 4.79 Å². The fourth-order valence-electron chi connectivity index (χ4n) is 7.51. The molecule has 0 radical (unpaired) electrons. The smallest absolute Gasteiger partial charge is 0.246 e. The topological polar surface area (TPSA) is 59.9 Å². The molecule has 2 atom stereocenters. The van der Waals surface area contributed by atoms with Crippen LogP contribution in [0, 0.1) is 22.2 Å². The van der Waals surface area contributed by atoms with Crippen molar-refractivity contribution in [1.29, 1.82) is 0 Å². The van der Waals surface area contributed by atoms with Crippen molar-refractivity contribution in [3.63, 3.8) is 0 Å². The molecular weight excluding hydrogens is 400 g/mol. The van der Waals surface area contributed by atoms with Crippen molar-refractivity contribution in [2.75, 3.05) is 13.2 Å². The van der Waals surface area contributed by atoms with E-state index in [1.54, 1.807) is 6.21 Å². The van der Waals surface area contributed by atoms with E-state index in [1.807, 2.05) is 25.1 Å². The molecule has 5 heteroatoms. The summed E-state index contributed by atoms with van der Waals surface area (Å²) in [5.41, 5.74) is 4.17. The lowest BCUT2D eigenvalue weighted by Gasteiger charge is -2.64. The zero-order valence-corrected chi connectivity index (χ0v) is 20.3. The third-order valence-electron chi connectivity index (χ3n) is 7.76. The Morgan fingerprint density at radius 1 is 1.06 bits per heavy atom. The van der Waals surface area contributed by atoms with Crippen molar-refractivity contribution in [3.05, 3.63) is 23.8 Å². The van der Waals surface area contributed by atoms with Crippen molar-refractivity contribution in [1.82, 2.24) is 5.43 Å². The Labute approximate surface area is 193 Å². The average Bonchev–Trinajstić information content (AvgIpc) is 2.70. The molecule has 0 heterocycles. The molecule has 0 spiro atoms. The Hall–Kier alpha value is -2.04. The van der Waals surface area contributed by atoms with E-state index in [9.17, 15) is 4.79 Å². The maximum atomic E-state index is 13.3. The molecule has 4 aliphatic carbocycles. The first kappa shape index (κ1) is 23.1. The molecule has 0 saturated heterocycles. The van der Waals surface area contributed by atoms with Crippen molar-refractivity contribution in [3.8, 4) is 11.5 Å². The fraction of sp³-hybridized carbons (Fsp3) is 0.704. The predicted molar refractivity (Wildman–Crippen MR) is 128 cm³/mol. The highest BCUT2D eigenvalue weighted by Crippen LogP contribution is 2.69. The second-order valence-electron chi connectivity index (χ2n) is 11.3. The average molecular weight is 441 g/mol. The number of hydrogen-bond donors (Lipinski definition) is 1. The number of amides is 1. The van der Waals surface area contributed by atoms with Gasteiger partial charge >= 0.3 is 0 Å². The number of nitrogens with one attached hydrogen (secondary N) is 1. The second-order valence-corrected chi connectivity index (χ2v) is 11.3. The number of carbonyl (C=O) groups excluding carboxylic acids is 1. The van der Waals surface area contributed by atoms with Crippen molar-refractivity contribution in [2.24, 2.45) is 27.3 Å². The Bertz CT molecular complexity index is 846. The van der Waals surface area contributed by atoms with Crippen LogP contribution in [0.25, 0.3) is 0 Å². The number of ether oxygens (including phenoxy) is 2. The van der Waals surface area contributed by atoms with Crippen LogP contribution in [0.3, 0.4) is 0 Å². The molecule has 4 bridgehead atoms. The largest absolute Gasteiger partial charge is 0.490 e. The highest BCUT2D eigenvalue weighted by Gasteiger charge is 2.62. The number of unbranched alkanes of at least 4 members (excludes halogenated alkanes) is 2. The lowest BCUT2D eigenvalue weighted by atomic mass is 9.40. The van der Waals surface area contributed by atoms with Gasteiger partial charge in [0, 0.05) is 0 Å². The van der Waals surface area contributed by atoms with E-state index >= 15 is 0 Å². The highest BCUT2D eigenvalue weighted by molar-refractivity contribution is 5.86. The molecule has 4 fully saturated rings. The summed E-state index contributed by atoms with van der Waals surface area (Å²) in [5, 5.41) is 4.34. The highest BCUT2D eigenvalue weighted by atomic mass is 16.5. The van der Waals surface area contributed by atoms with Gasteiger partial charge in [-0.15, -0.1) is 0 Å². The van der Waals surface area contributed by atoms with Gasteiger partial charge in [0.2, 0.25) is 5.91 Å². The van der Waals surface area contributed by atoms with Gasteiger partial charge in [0.25, 0.3) is 0 Å². The summed E-state index contributed by atoms with van der Waals surface area (Å²) in [6.45, 7) is 10.2. The zero-order chi connectivity index (χ0) is 22.8. The quantitative estimate of drug-likeness (QED) is 0.272. The Balaban J connectivity index is 1.40. The third-order valence-corrected chi connectivity index (χ3v) is 7.76. The summed E-state index contributed by atoms with van der Waals surface area (Å²) in [5.74, 6) is 2.28. The molecule has 176 valence electrons. The van der Waals surface area contributed by atoms with Crippen molar-refractivity contribution < 1.29 is 14.3 Å². The van der Waals surface area contributed by atoms with Gasteiger partial charge in [0.1, 0.15) is 0 Å². The maximum absolute atomic E-state index is 13.3. The predicted octanol–water partition coefficient (Wildman–Crippen LogP) is 6.10. The number of hydrogen-bond acceptors (Lipinski definition) is 4. The van der Waals surface area contributed by atoms with Gasteiger partial charge in [0.05, 0.1) is 24.8 Å². The van der Waals surface area contributed by atoms with Gasteiger partial charge in [-0.1, -0.05) is 33.6 Å². The normalized spacial score (nSPS) is 32.9. The summed E-state index contributed by atoms with van der Waals surface area (Å²) < 4.78 is 11.7. The first-order valence-electron chi connectivity index (χ1n) is 12.5. The van der Waals surface area contributed by atoms with Crippen LogP contribution in [0.4, 0.5) is 0 Å². The minimum absolute atomic E-state index is 0.108. The van der Waals surface area contributed by atoms with E-state index in [0.29, 0.717) is 30.0 Å². The molecule has 4 aliphatic rings. The second kappa shape index (κ2) is 9.07. The third kappa shape index (κ3) is 4.82. The Kier molecular flexibility index (Phi) is 6.56. The van der Waals surface area contributed by atoms with Gasteiger partial charge in [-0.05, 0) is 92.4 Å². The van der Waals surface area contributed by atoms with E-state index < -0.39 is 0 Å². The van der Waals surface area contributed by atoms with Crippen LogP contribution in [-0.4, -0.2) is 25.3 Å². The number of rotatable bonds is 10. The standard InChI is InChI=1S/C27H40N2O3/c1-5-7-8-11-32-22-10-9-20(12-23(22)31-6-2)16-28-29-24(30)27-15-21-13-25(3,18-27)17-26(4,14-21)19-27/h9-10,12,16,21H,5-8,11,13-15,17-19H2,1-4H3,(H,29,30)/b28-16+. The molecule has 2 unspecified atom stereocenters. The van der Waals surface area contributed by atoms with E-state index in [4.69, 9.17) is 9.47 Å². The zero-order valence-electron chi connectivity index (χ0n) is 20.3. The minimum Gasteiger partial charge on any atom is -0.490 e. The first-order valence-corrected chi connectivity index (χ1v) is 12.5. The van der Waals surface area contributed by atoms with E-state index in [0.717, 1.165) is 49.2 Å². The molecule has 1 N–H and O–H groups in total. The molecule has 0 aliphatic heterocycles. The molecule has 1 aromatic carbocycles. The molecule has 0 aromatic heterocycles. The molecule has 5 rings (SSSR count). The lowest BCUT2D eigenvalue weighted by molar-refractivity contribution is -0.170. The first-order chi connectivity index (χ1) is 15.3. The summed E-state index contributed by atoms with van der Waals surface area (Å²) in [4.78, 5) is 13.3. The molecule has 5 nitrogen and oxygen atoms in total. The maximum Gasteiger partial charge on any atom is 0.246 e. The van der Waals surface area contributed by atoms with Crippen LogP contribution in [0.1, 0.15) is 91.0 Å². The lowest BCUT2D eigenvalue weighted by Crippen LogP contribution is -2.59. The molecule has 4 saturated carbocycles. The van der Waals surface area contributed by atoms with Crippen LogP contribution in [0.2, 0.25) is 0 Å². The Morgan fingerprint density at radius 3 is 2.47 bits per heavy atom. The van der Waals surface area contributed by atoms with Crippen LogP contribution >= 0.6 is 0 Å². The van der Waals surface area contributed by atoms with Gasteiger partial charge in [-0.2, -0.15) is 5.10 Å². The van der Waals surface area contributed by atoms with Gasteiger partial charge in [-0.3, -0.25) is 4.79 Å². The Morgan fingerprint density at radius 2 is 1.81 bits per heavy atom. The minimum atomic E-state index is -0.243. The number of carbonyl (C=O) groups is 1. The van der Waals surface area contributed by atoms with Gasteiger partial charge in [0.15, 0.2) is 11.5 Å². The van der Waals surface area contributed by atoms with Gasteiger partial charge in [-0.25, -0.2) is 5.43 Å². The van der Waals surface area contributed by atoms with Crippen LogP contribution < -0.4 is 14.9 Å². The van der Waals surface area contributed by atoms with Crippen molar-refractivity contribution >= 4 is 12.1 Å². The van der Waals surface area contributed by atoms with Gasteiger partial charge < -0.3 is 9.47 Å². The van der Waals surface area contributed by atoms with E-state index in [-0.39, 0.29) is 11.3 Å². The number of hydrazone groups is 1. The number of nitrogens with zero attached hydrogens (tertiary/aromatic N) is 1. The van der Waals surface area contributed by atoms with Crippen LogP contribution in [0.15, 0.2) is 23.3 Å². The summed E-state index contributed by atoms with van der Waals surface area (Å²) in [6.07, 6.45) is 12.0. The number of benzene rings is 1. The van der Waals surface area contributed by atoms with E-state index in [2.05, 4.69) is 31.3 Å². The van der Waals surface area contributed by atoms with E-state index in [1.165, 1.54) is 25.7 Å². The monoisotopic (exact) mass is 440 g/mol. The fourth-order valence-corrected chi connectivity index (χ4v) is 7.51. The SMILES string of the molecule is CCCCCOc1ccc(/C=N/NC(=O)C23CC4CC(C)(CC(C)(C4)C2)C3)cc1OCC. The molecular formula is C27H40N2O3. The summed E-state index contributed by atoms with van der Waals surface area (Å²) in [7, 11) is 0. The summed E-state index contributed by atoms with van der Waals surface area (Å²) >= 11 is 0. The summed E-state index contributed by atoms with van der Waals surface area (Å²) in [6, 6.07) is 5.82.